The highest BCUT2D eigenvalue weighted by atomic mass is 35.5. The zero-order valence-corrected chi connectivity index (χ0v) is 6.40. The van der Waals surface area contributed by atoms with Gasteiger partial charge in [0.25, 0.3) is 0 Å². The van der Waals surface area contributed by atoms with E-state index in [0.717, 1.165) is 0 Å². The number of alkyl halides is 2. The van der Waals surface area contributed by atoms with Gasteiger partial charge in [-0.2, -0.15) is 0 Å². The Morgan fingerprint density at radius 2 is 2.20 bits per heavy atom. The molecule has 0 aliphatic rings. The quantitative estimate of drug-likeness (QED) is 0.605. The van der Waals surface area contributed by atoms with E-state index >= 15 is 0 Å². The molecule has 0 amide bonds. The molecule has 0 aliphatic heterocycles. The number of rotatable bonds is 1. The summed E-state index contributed by atoms with van der Waals surface area (Å²) in [6.07, 6.45) is 1.44. The van der Waals surface area contributed by atoms with Crippen molar-refractivity contribution in [2.75, 3.05) is 0 Å². The number of hydrogen-bond donors (Lipinski definition) is 0. The van der Waals surface area contributed by atoms with Crippen molar-refractivity contribution in [1.82, 2.24) is 4.98 Å². The summed E-state index contributed by atoms with van der Waals surface area (Å²) in [5.74, 6) is -0.475. The van der Waals surface area contributed by atoms with Crippen LogP contribution in [-0.2, 0) is 0 Å². The highest BCUT2D eigenvalue weighted by Crippen LogP contribution is 2.24. The Morgan fingerprint density at radius 1 is 1.50 bits per heavy atom. The maximum absolute atomic E-state index is 12.6. The van der Waals surface area contributed by atoms with Crippen LogP contribution >= 0.6 is 23.2 Å². The van der Waals surface area contributed by atoms with Crippen molar-refractivity contribution < 1.29 is 4.39 Å². The molecule has 0 saturated carbocycles. The third-order valence-corrected chi connectivity index (χ3v) is 1.41. The van der Waals surface area contributed by atoms with Gasteiger partial charge in [-0.15, -0.1) is 0 Å². The Morgan fingerprint density at radius 3 is 2.60 bits per heavy atom. The molecule has 1 heterocycles. The molecule has 0 atom stereocenters. The Kier molecular flexibility index (Phi) is 2.46. The lowest BCUT2D eigenvalue weighted by molar-refractivity contribution is 0.606. The SMILES string of the molecule is Fc1cccnc1C(Cl)Cl. The summed E-state index contributed by atoms with van der Waals surface area (Å²) in [6.45, 7) is 0. The zero-order chi connectivity index (χ0) is 7.56. The van der Waals surface area contributed by atoms with Gasteiger partial charge >= 0.3 is 0 Å². The molecule has 0 N–H and O–H groups in total. The van der Waals surface area contributed by atoms with Crippen molar-refractivity contribution in [2.45, 2.75) is 4.84 Å². The van der Waals surface area contributed by atoms with Crippen molar-refractivity contribution in [3.63, 3.8) is 0 Å². The first kappa shape index (κ1) is 7.76. The van der Waals surface area contributed by atoms with E-state index in [4.69, 9.17) is 23.2 Å². The molecular formula is C6H4Cl2FN. The van der Waals surface area contributed by atoms with Crippen molar-refractivity contribution in [2.24, 2.45) is 0 Å². The Balaban J connectivity index is 3.03. The monoisotopic (exact) mass is 179 g/mol. The number of pyridine rings is 1. The van der Waals surface area contributed by atoms with Crippen molar-refractivity contribution in [1.29, 1.82) is 0 Å². The highest BCUT2D eigenvalue weighted by molar-refractivity contribution is 6.43. The average Bonchev–Trinajstić information content (AvgIpc) is 1.88. The van der Waals surface area contributed by atoms with Crippen LogP contribution in [0.1, 0.15) is 10.5 Å². The van der Waals surface area contributed by atoms with Gasteiger partial charge in [0.05, 0.1) is 0 Å². The van der Waals surface area contributed by atoms with Crippen LogP contribution < -0.4 is 0 Å². The normalized spacial score (nSPS) is 10.4. The van der Waals surface area contributed by atoms with Gasteiger partial charge in [0, 0.05) is 6.20 Å². The van der Waals surface area contributed by atoms with E-state index in [-0.39, 0.29) is 5.69 Å². The van der Waals surface area contributed by atoms with Crippen molar-refractivity contribution in [3.05, 3.63) is 29.8 Å². The van der Waals surface area contributed by atoms with Gasteiger partial charge in [0.2, 0.25) is 0 Å². The summed E-state index contributed by atoms with van der Waals surface area (Å²) in [5.41, 5.74) is 0.0748. The van der Waals surface area contributed by atoms with Gasteiger partial charge < -0.3 is 0 Å². The zero-order valence-electron chi connectivity index (χ0n) is 4.89. The third kappa shape index (κ3) is 1.58. The lowest BCUT2D eigenvalue weighted by Gasteiger charge is -1.99. The summed E-state index contributed by atoms with van der Waals surface area (Å²) in [5, 5.41) is 0. The number of hydrogen-bond acceptors (Lipinski definition) is 1. The molecule has 1 aromatic rings. The van der Waals surface area contributed by atoms with Gasteiger partial charge in [0.15, 0.2) is 4.84 Å². The van der Waals surface area contributed by atoms with Crippen LogP contribution in [0.3, 0.4) is 0 Å². The molecular weight excluding hydrogens is 176 g/mol. The second-order valence-electron chi connectivity index (χ2n) is 1.67. The van der Waals surface area contributed by atoms with E-state index in [0.29, 0.717) is 0 Å². The Labute approximate surface area is 67.8 Å². The van der Waals surface area contributed by atoms with E-state index in [1.807, 2.05) is 0 Å². The molecule has 54 valence electrons. The third-order valence-electron chi connectivity index (χ3n) is 0.994. The highest BCUT2D eigenvalue weighted by Gasteiger charge is 2.09. The molecule has 1 nitrogen and oxygen atoms in total. The second-order valence-corrected chi connectivity index (χ2v) is 2.77. The topological polar surface area (TPSA) is 12.9 Å². The van der Waals surface area contributed by atoms with E-state index < -0.39 is 10.7 Å². The fourth-order valence-corrected chi connectivity index (χ4v) is 0.880. The van der Waals surface area contributed by atoms with E-state index in [1.165, 1.54) is 18.3 Å². The number of aromatic nitrogens is 1. The molecule has 4 heteroatoms. The van der Waals surface area contributed by atoms with E-state index in [9.17, 15) is 4.39 Å². The van der Waals surface area contributed by atoms with Crippen LogP contribution in [0, 0.1) is 5.82 Å². The fourth-order valence-electron chi connectivity index (χ4n) is 0.558. The predicted molar refractivity (Wildman–Crippen MR) is 38.6 cm³/mol. The molecule has 1 aromatic heterocycles. The van der Waals surface area contributed by atoms with Crippen LogP contribution in [0.4, 0.5) is 4.39 Å². The molecule has 0 bridgehead atoms. The summed E-state index contributed by atoms with van der Waals surface area (Å²) in [4.78, 5) is 2.75. The maximum Gasteiger partial charge on any atom is 0.152 e. The molecule has 0 aromatic carbocycles. The minimum absolute atomic E-state index is 0.0748. The smallest absolute Gasteiger partial charge is 0.152 e. The number of halogens is 3. The van der Waals surface area contributed by atoms with Crippen molar-refractivity contribution >= 4 is 23.2 Å². The number of nitrogens with zero attached hydrogens (tertiary/aromatic N) is 1. The van der Waals surface area contributed by atoms with Crippen LogP contribution in [0.15, 0.2) is 18.3 Å². The van der Waals surface area contributed by atoms with Crippen LogP contribution in [-0.4, -0.2) is 4.98 Å². The molecule has 1 rings (SSSR count). The van der Waals surface area contributed by atoms with E-state index in [1.54, 1.807) is 0 Å². The minimum Gasteiger partial charge on any atom is -0.255 e. The molecule has 0 saturated heterocycles. The lowest BCUT2D eigenvalue weighted by Crippen LogP contribution is -1.91. The van der Waals surface area contributed by atoms with Gasteiger partial charge in [-0.25, -0.2) is 4.39 Å². The molecule has 0 fully saturated rings. The fraction of sp³-hybridized carbons (Fsp3) is 0.167. The Hall–Kier alpha value is -0.340. The molecule has 0 unspecified atom stereocenters. The summed E-state index contributed by atoms with van der Waals surface area (Å²) in [6, 6.07) is 2.75. The summed E-state index contributed by atoms with van der Waals surface area (Å²) < 4.78 is 12.6. The average molecular weight is 180 g/mol. The van der Waals surface area contributed by atoms with Gasteiger partial charge in [-0.05, 0) is 12.1 Å². The van der Waals surface area contributed by atoms with Gasteiger partial charge in [-0.1, -0.05) is 23.2 Å². The minimum atomic E-state index is -0.888. The first-order valence-electron chi connectivity index (χ1n) is 2.60. The lowest BCUT2D eigenvalue weighted by atomic mass is 10.4. The largest absolute Gasteiger partial charge is 0.255 e. The molecule has 0 aliphatic carbocycles. The van der Waals surface area contributed by atoms with Gasteiger partial charge in [0.1, 0.15) is 11.5 Å². The van der Waals surface area contributed by atoms with Crippen LogP contribution in [0.25, 0.3) is 0 Å². The summed E-state index contributed by atoms with van der Waals surface area (Å²) in [7, 11) is 0. The molecule has 0 radical (unpaired) electrons. The molecule has 10 heavy (non-hydrogen) atoms. The van der Waals surface area contributed by atoms with Crippen molar-refractivity contribution in [3.8, 4) is 0 Å². The van der Waals surface area contributed by atoms with E-state index in [2.05, 4.69) is 4.98 Å². The van der Waals surface area contributed by atoms with Crippen LogP contribution in [0.2, 0.25) is 0 Å². The Bertz CT molecular complexity index is 227. The van der Waals surface area contributed by atoms with Gasteiger partial charge in [-0.3, -0.25) is 4.98 Å². The maximum atomic E-state index is 12.6. The first-order valence-corrected chi connectivity index (χ1v) is 3.47. The standard InChI is InChI=1S/C6H4Cl2FN/c7-6(8)5-4(9)2-1-3-10-5/h1-3,6H. The molecule has 0 spiro atoms. The predicted octanol–water partition coefficient (Wildman–Crippen LogP) is 2.70. The first-order chi connectivity index (χ1) is 4.72. The summed E-state index contributed by atoms with van der Waals surface area (Å²) >= 11 is 10.7. The second kappa shape index (κ2) is 3.17. The van der Waals surface area contributed by atoms with Crippen LogP contribution in [0.5, 0.6) is 0 Å².